The van der Waals surface area contributed by atoms with Crippen LogP contribution in [0.2, 0.25) is 0 Å². The van der Waals surface area contributed by atoms with Crippen LogP contribution in [0.4, 0.5) is 0 Å². The first-order valence-corrected chi connectivity index (χ1v) is 3.93. The van der Waals surface area contributed by atoms with Gasteiger partial charge in [-0.05, 0) is 19.8 Å². The van der Waals surface area contributed by atoms with Crippen molar-refractivity contribution in [1.82, 2.24) is 10.4 Å². The summed E-state index contributed by atoms with van der Waals surface area (Å²) in [7, 11) is 0. The van der Waals surface area contributed by atoms with Crippen LogP contribution in [0.15, 0.2) is 0 Å². The predicted octanol–water partition coefficient (Wildman–Crippen LogP) is 0.330. The molecule has 0 spiro atoms. The van der Waals surface area contributed by atoms with Crippen molar-refractivity contribution in [2.75, 3.05) is 13.1 Å². The van der Waals surface area contributed by atoms with E-state index in [0.29, 0.717) is 0 Å². The van der Waals surface area contributed by atoms with Gasteiger partial charge in [0.2, 0.25) is 0 Å². The van der Waals surface area contributed by atoms with Crippen molar-refractivity contribution >= 4 is 0 Å². The molecule has 1 unspecified atom stereocenters. The maximum atomic E-state index is 9.13. The average molecular weight is 143 g/mol. The summed E-state index contributed by atoms with van der Waals surface area (Å²) in [4.78, 5) is 0. The molecule has 1 radical (unpaired) electrons. The minimum absolute atomic E-state index is 0.405. The highest BCUT2D eigenvalue weighted by atomic mass is 16.3. The van der Waals surface area contributed by atoms with Gasteiger partial charge in [-0.3, -0.25) is 0 Å². The molecule has 1 fully saturated rings. The maximum Gasteiger partial charge on any atom is 0.118 e. The molecule has 0 bridgehead atoms. The van der Waals surface area contributed by atoms with Gasteiger partial charge in [0.05, 0.1) is 0 Å². The van der Waals surface area contributed by atoms with Gasteiger partial charge >= 0.3 is 0 Å². The van der Waals surface area contributed by atoms with Crippen LogP contribution in [-0.2, 0) is 0 Å². The summed E-state index contributed by atoms with van der Waals surface area (Å²) in [6.45, 7) is 3.55. The van der Waals surface area contributed by atoms with Crippen LogP contribution in [-0.4, -0.2) is 29.4 Å². The van der Waals surface area contributed by atoms with Gasteiger partial charge in [0, 0.05) is 13.1 Å². The third-order valence-electron chi connectivity index (χ3n) is 1.76. The number of rotatable bonds is 1. The molecule has 1 aliphatic heterocycles. The maximum absolute atomic E-state index is 9.13. The van der Waals surface area contributed by atoms with E-state index in [1.807, 2.05) is 0 Å². The molecular weight excluding hydrogens is 128 g/mol. The van der Waals surface area contributed by atoms with Crippen molar-refractivity contribution in [2.45, 2.75) is 32.4 Å². The molecule has 1 atom stereocenters. The summed E-state index contributed by atoms with van der Waals surface area (Å²) < 4.78 is 0. The zero-order valence-corrected chi connectivity index (χ0v) is 6.45. The lowest BCUT2D eigenvalue weighted by Gasteiger charge is -2.21. The monoisotopic (exact) mass is 143 g/mol. The molecule has 59 valence electrons. The van der Waals surface area contributed by atoms with Crippen LogP contribution in [0.1, 0.15) is 26.2 Å². The number of nitrogens with zero attached hydrogens (tertiary/aromatic N) is 2. The molecule has 0 aromatic heterocycles. The second kappa shape index (κ2) is 3.91. The lowest BCUT2D eigenvalue weighted by atomic mass is 10.2. The Kier molecular flexibility index (Phi) is 3.12. The molecule has 0 aromatic rings. The molecule has 0 amide bonds. The fraction of sp³-hybridized carbons (Fsp3) is 1.00. The van der Waals surface area contributed by atoms with Crippen molar-refractivity contribution in [2.24, 2.45) is 0 Å². The molecule has 3 heteroatoms. The molecule has 0 saturated carbocycles. The molecule has 0 aromatic carbocycles. The Balaban J connectivity index is 2.28. The highest BCUT2D eigenvalue weighted by Gasteiger charge is 2.12. The summed E-state index contributed by atoms with van der Waals surface area (Å²) in [5.74, 6) is 0. The van der Waals surface area contributed by atoms with Crippen molar-refractivity contribution < 1.29 is 5.11 Å². The molecule has 1 heterocycles. The fourth-order valence-electron chi connectivity index (χ4n) is 1.14. The van der Waals surface area contributed by atoms with Crippen molar-refractivity contribution in [1.29, 1.82) is 0 Å². The van der Waals surface area contributed by atoms with Crippen LogP contribution in [0, 0.1) is 0 Å². The number of hydrogen-bond acceptors (Lipinski definition) is 2. The van der Waals surface area contributed by atoms with E-state index in [1.54, 1.807) is 11.9 Å². The van der Waals surface area contributed by atoms with Gasteiger partial charge in [0.1, 0.15) is 6.23 Å². The third-order valence-corrected chi connectivity index (χ3v) is 1.76. The lowest BCUT2D eigenvalue weighted by molar-refractivity contribution is -0.0181. The second-order valence-electron chi connectivity index (χ2n) is 2.72. The normalized spacial score (nSPS) is 25.8. The Hall–Kier alpha value is -0.120. The summed E-state index contributed by atoms with van der Waals surface area (Å²) in [6, 6.07) is 0. The highest BCUT2D eigenvalue weighted by molar-refractivity contribution is 4.58. The van der Waals surface area contributed by atoms with Gasteiger partial charge in [-0.1, -0.05) is 6.42 Å². The molecule has 1 rings (SSSR count). The van der Waals surface area contributed by atoms with Crippen LogP contribution < -0.4 is 5.43 Å². The minimum atomic E-state index is -0.405. The molecule has 0 aliphatic carbocycles. The zero-order valence-electron chi connectivity index (χ0n) is 6.45. The summed E-state index contributed by atoms with van der Waals surface area (Å²) >= 11 is 0. The Morgan fingerprint density at radius 2 is 2.20 bits per heavy atom. The Morgan fingerprint density at radius 3 is 2.90 bits per heavy atom. The Labute approximate surface area is 62.0 Å². The van der Waals surface area contributed by atoms with Crippen molar-refractivity contribution in [3.05, 3.63) is 0 Å². The van der Waals surface area contributed by atoms with Crippen molar-refractivity contribution in [3.8, 4) is 0 Å². The Bertz CT molecular complexity index is 87.6. The van der Waals surface area contributed by atoms with Gasteiger partial charge < -0.3 is 5.11 Å². The summed E-state index contributed by atoms with van der Waals surface area (Å²) in [5.41, 5.74) is 4.21. The first-order valence-electron chi connectivity index (χ1n) is 3.93. The predicted molar refractivity (Wildman–Crippen MR) is 39.2 cm³/mol. The number of aliphatic hydroxyl groups is 1. The topological polar surface area (TPSA) is 37.6 Å². The van der Waals surface area contributed by atoms with E-state index < -0.39 is 6.23 Å². The average Bonchev–Trinajstić information content (AvgIpc) is 2.12. The van der Waals surface area contributed by atoms with Gasteiger partial charge in [0.15, 0.2) is 0 Å². The molecular formula is C7H15N2O. The minimum Gasteiger partial charge on any atom is -0.377 e. The van der Waals surface area contributed by atoms with E-state index in [4.69, 9.17) is 5.11 Å². The second-order valence-corrected chi connectivity index (χ2v) is 2.72. The van der Waals surface area contributed by atoms with Gasteiger partial charge in [-0.15, -0.1) is 0 Å². The van der Waals surface area contributed by atoms with Gasteiger partial charge in [-0.2, -0.15) is 10.4 Å². The Morgan fingerprint density at radius 1 is 1.40 bits per heavy atom. The van der Waals surface area contributed by atoms with E-state index in [9.17, 15) is 0 Å². The number of aliphatic hydroxyl groups excluding tert-OH is 1. The van der Waals surface area contributed by atoms with E-state index in [1.165, 1.54) is 12.8 Å². The summed E-state index contributed by atoms with van der Waals surface area (Å²) in [6.07, 6.45) is 3.17. The quantitative estimate of drug-likeness (QED) is 0.574. The fourth-order valence-corrected chi connectivity index (χ4v) is 1.14. The van der Waals surface area contributed by atoms with E-state index >= 15 is 0 Å². The van der Waals surface area contributed by atoms with E-state index in [-0.39, 0.29) is 0 Å². The SMILES string of the molecule is CC(O)N1CCCCC[N]1. The van der Waals surface area contributed by atoms with Crippen LogP contribution >= 0.6 is 0 Å². The van der Waals surface area contributed by atoms with Crippen molar-refractivity contribution in [3.63, 3.8) is 0 Å². The molecule has 3 nitrogen and oxygen atoms in total. The van der Waals surface area contributed by atoms with Crippen LogP contribution in [0.3, 0.4) is 0 Å². The van der Waals surface area contributed by atoms with Crippen LogP contribution in [0.5, 0.6) is 0 Å². The summed E-state index contributed by atoms with van der Waals surface area (Å²) in [5, 5.41) is 10.9. The molecule has 1 saturated heterocycles. The largest absolute Gasteiger partial charge is 0.377 e. The van der Waals surface area contributed by atoms with Crippen LogP contribution in [0.25, 0.3) is 0 Å². The number of hydrogen-bond donors (Lipinski definition) is 1. The van der Waals surface area contributed by atoms with Gasteiger partial charge in [-0.25, -0.2) is 0 Å². The molecule has 1 N–H and O–H groups in total. The smallest absolute Gasteiger partial charge is 0.118 e. The highest BCUT2D eigenvalue weighted by Crippen LogP contribution is 2.04. The lowest BCUT2D eigenvalue weighted by Crippen LogP contribution is -2.39. The van der Waals surface area contributed by atoms with Gasteiger partial charge in [0.25, 0.3) is 0 Å². The standard InChI is InChI=1S/C7H15N2O/c1-7(10)9-6-4-2-3-5-8-9/h7,10H,2-6H2,1H3. The van der Waals surface area contributed by atoms with E-state index in [2.05, 4.69) is 5.43 Å². The molecule has 1 aliphatic rings. The molecule has 10 heavy (non-hydrogen) atoms. The third kappa shape index (κ3) is 2.25. The first kappa shape index (κ1) is 7.98. The van der Waals surface area contributed by atoms with E-state index in [0.717, 1.165) is 19.5 Å². The first-order chi connectivity index (χ1) is 4.80. The zero-order chi connectivity index (χ0) is 7.40.